The molecule has 3 atom stereocenters. The molecule has 1 aliphatic heterocycles. The van der Waals surface area contributed by atoms with E-state index in [2.05, 4.69) is 0 Å². The van der Waals surface area contributed by atoms with Crippen LogP contribution < -0.4 is 0 Å². The van der Waals surface area contributed by atoms with E-state index in [4.69, 9.17) is 9.84 Å². The molecule has 5 nitrogen and oxygen atoms in total. The predicted molar refractivity (Wildman–Crippen MR) is 55.8 cm³/mol. The van der Waals surface area contributed by atoms with Gasteiger partial charge in [-0.3, -0.25) is 9.59 Å². The fourth-order valence-corrected chi connectivity index (χ4v) is 2.17. The molecule has 16 heavy (non-hydrogen) atoms. The Morgan fingerprint density at radius 1 is 1.38 bits per heavy atom. The molecule has 3 unspecified atom stereocenters. The van der Waals surface area contributed by atoms with Crippen LogP contribution in [-0.4, -0.2) is 47.7 Å². The highest BCUT2D eigenvalue weighted by Gasteiger charge is 2.49. The minimum absolute atomic E-state index is 0.00949. The molecule has 0 aromatic carbocycles. The Balaban J connectivity index is 1.92. The van der Waals surface area contributed by atoms with Crippen molar-refractivity contribution in [2.75, 3.05) is 19.7 Å². The summed E-state index contributed by atoms with van der Waals surface area (Å²) in [6.07, 6.45) is 1.38. The van der Waals surface area contributed by atoms with Crippen LogP contribution in [0.25, 0.3) is 0 Å². The van der Waals surface area contributed by atoms with Crippen LogP contribution in [0.1, 0.15) is 19.8 Å². The van der Waals surface area contributed by atoms with Crippen LogP contribution >= 0.6 is 0 Å². The Bertz CT molecular complexity index is 304. The van der Waals surface area contributed by atoms with Crippen molar-refractivity contribution in [1.82, 2.24) is 4.90 Å². The number of carbonyl (C=O) groups excluding carboxylic acids is 1. The molecule has 0 aromatic rings. The number of carboxylic acids is 1. The average molecular weight is 227 g/mol. The fraction of sp³-hybridized carbons (Fsp3) is 0.818. The molecular formula is C11H17NO4. The van der Waals surface area contributed by atoms with Crippen LogP contribution in [0, 0.1) is 11.8 Å². The summed E-state index contributed by atoms with van der Waals surface area (Å²) in [6, 6.07) is 0. The van der Waals surface area contributed by atoms with Crippen molar-refractivity contribution >= 4 is 11.9 Å². The number of hydrogen-bond donors (Lipinski definition) is 1. The van der Waals surface area contributed by atoms with Gasteiger partial charge in [-0.2, -0.15) is 0 Å². The van der Waals surface area contributed by atoms with Gasteiger partial charge in [-0.1, -0.05) is 0 Å². The van der Waals surface area contributed by atoms with Gasteiger partial charge < -0.3 is 14.7 Å². The molecule has 1 heterocycles. The van der Waals surface area contributed by atoms with Gasteiger partial charge in [-0.15, -0.1) is 0 Å². The van der Waals surface area contributed by atoms with Gasteiger partial charge in [0.1, 0.15) is 0 Å². The minimum atomic E-state index is -0.850. The molecule has 2 fully saturated rings. The lowest BCUT2D eigenvalue weighted by Gasteiger charge is -2.22. The maximum absolute atomic E-state index is 12.0. The van der Waals surface area contributed by atoms with E-state index in [9.17, 15) is 9.59 Å². The van der Waals surface area contributed by atoms with Crippen LogP contribution in [-0.2, 0) is 14.3 Å². The molecule has 1 N–H and O–H groups in total. The summed E-state index contributed by atoms with van der Waals surface area (Å²) < 4.78 is 5.45. The Morgan fingerprint density at radius 3 is 2.75 bits per heavy atom. The summed E-state index contributed by atoms with van der Waals surface area (Å²) in [6.45, 7) is 3.89. The summed E-state index contributed by atoms with van der Waals surface area (Å²) in [5.41, 5.74) is 0. The van der Waals surface area contributed by atoms with Gasteiger partial charge in [0, 0.05) is 19.7 Å². The molecule has 90 valence electrons. The number of aliphatic carboxylic acids is 1. The number of rotatable bonds is 2. The van der Waals surface area contributed by atoms with Crippen molar-refractivity contribution < 1.29 is 19.4 Å². The van der Waals surface area contributed by atoms with E-state index in [0.29, 0.717) is 26.1 Å². The SMILES string of the molecule is CC1CN(C(=O)C2CC2C(=O)O)CCCO1. The summed E-state index contributed by atoms with van der Waals surface area (Å²) in [5.74, 6) is -1.60. The van der Waals surface area contributed by atoms with Crippen LogP contribution in [0.5, 0.6) is 0 Å². The standard InChI is InChI=1S/C11H17NO4/c1-7-6-12(3-2-4-16-7)10(13)8-5-9(8)11(14)15/h7-9H,2-6H2,1H3,(H,14,15). The highest BCUT2D eigenvalue weighted by atomic mass is 16.5. The van der Waals surface area contributed by atoms with Gasteiger partial charge in [0.25, 0.3) is 0 Å². The molecule has 1 saturated heterocycles. The number of nitrogens with zero attached hydrogens (tertiary/aromatic N) is 1. The molecule has 2 aliphatic rings. The first-order valence-electron chi connectivity index (χ1n) is 5.73. The molecule has 0 aromatic heterocycles. The summed E-state index contributed by atoms with van der Waals surface area (Å²) in [7, 11) is 0. The van der Waals surface area contributed by atoms with Crippen molar-refractivity contribution in [3.8, 4) is 0 Å². The molecular weight excluding hydrogens is 210 g/mol. The first-order valence-corrected chi connectivity index (χ1v) is 5.73. The zero-order valence-electron chi connectivity index (χ0n) is 9.39. The fourth-order valence-electron chi connectivity index (χ4n) is 2.17. The second-order valence-electron chi connectivity index (χ2n) is 4.61. The smallest absolute Gasteiger partial charge is 0.307 e. The van der Waals surface area contributed by atoms with E-state index in [1.54, 1.807) is 4.90 Å². The average Bonchev–Trinajstić information content (AvgIpc) is 3.00. The monoisotopic (exact) mass is 227 g/mol. The van der Waals surface area contributed by atoms with Crippen LogP contribution in [0.15, 0.2) is 0 Å². The molecule has 0 radical (unpaired) electrons. The molecule has 0 spiro atoms. The number of carbonyl (C=O) groups is 2. The van der Waals surface area contributed by atoms with Gasteiger partial charge in [-0.25, -0.2) is 0 Å². The highest BCUT2D eigenvalue weighted by molar-refractivity contribution is 5.89. The molecule has 5 heteroatoms. The highest BCUT2D eigenvalue weighted by Crippen LogP contribution is 2.40. The Labute approximate surface area is 94.4 Å². The van der Waals surface area contributed by atoms with E-state index in [1.165, 1.54) is 0 Å². The van der Waals surface area contributed by atoms with E-state index >= 15 is 0 Å². The second-order valence-corrected chi connectivity index (χ2v) is 4.61. The number of amides is 1. The van der Waals surface area contributed by atoms with Crippen LogP contribution in [0.3, 0.4) is 0 Å². The summed E-state index contributed by atoms with van der Waals surface area (Å²) >= 11 is 0. The lowest BCUT2D eigenvalue weighted by molar-refractivity contribution is -0.142. The molecule has 0 bridgehead atoms. The van der Waals surface area contributed by atoms with E-state index in [0.717, 1.165) is 6.42 Å². The van der Waals surface area contributed by atoms with Crippen LogP contribution in [0.4, 0.5) is 0 Å². The molecule has 1 aliphatic carbocycles. The van der Waals surface area contributed by atoms with E-state index in [-0.39, 0.29) is 17.9 Å². The Morgan fingerprint density at radius 2 is 2.12 bits per heavy atom. The topological polar surface area (TPSA) is 66.8 Å². The largest absolute Gasteiger partial charge is 0.481 e. The predicted octanol–water partition coefficient (Wildman–Crippen LogP) is 0.344. The third-order valence-corrected chi connectivity index (χ3v) is 3.19. The second kappa shape index (κ2) is 4.41. The van der Waals surface area contributed by atoms with E-state index < -0.39 is 11.9 Å². The lowest BCUT2D eigenvalue weighted by Crippen LogP contribution is -2.37. The Kier molecular flexibility index (Phi) is 3.14. The number of hydrogen-bond acceptors (Lipinski definition) is 3. The van der Waals surface area contributed by atoms with Crippen molar-refractivity contribution in [1.29, 1.82) is 0 Å². The molecule has 1 saturated carbocycles. The van der Waals surface area contributed by atoms with Gasteiger partial charge in [0.05, 0.1) is 17.9 Å². The number of carboxylic acid groups (broad SMARTS) is 1. The molecule has 2 rings (SSSR count). The third-order valence-electron chi connectivity index (χ3n) is 3.19. The van der Waals surface area contributed by atoms with Crippen molar-refractivity contribution in [3.63, 3.8) is 0 Å². The van der Waals surface area contributed by atoms with Crippen molar-refractivity contribution in [2.45, 2.75) is 25.9 Å². The summed E-state index contributed by atoms with van der Waals surface area (Å²) in [5, 5.41) is 8.78. The maximum Gasteiger partial charge on any atom is 0.307 e. The first kappa shape index (κ1) is 11.4. The number of ether oxygens (including phenoxy) is 1. The minimum Gasteiger partial charge on any atom is -0.481 e. The van der Waals surface area contributed by atoms with Crippen LogP contribution in [0.2, 0.25) is 0 Å². The lowest BCUT2D eigenvalue weighted by atomic mass is 10.2. The normalized spacial score (nSPS) is 34.3. The zero-order valence-corrected chi connectivity index (χ0v) is 9.39. The quantitative estimate of drug-likeness (QED) is 0.739. The zero-order chi connectivity index (χ0) is 11.7. The third kappa shape index (κ3) is 2.35. The van der Waals surface area contributed by atoms with E-state index in [1.807, 2.05) is 6.92 Å². The Hall–Kier alpha value is -1.10. The van der Waals surface area contributed by atoms with Gasteiger partial charge in [0.15, 0.2) is 0 Å². The van der Waals surface area contributed by atoms with Gasteiger partial charge >= 0.3 is 5.97 Å². The summed E-state index contributed by atoms with van der Waals surface area (Å²) in [4.78, 5) is 24.4. The first-order chi connectivity index (χ1) is 7.59. The maximum atomic E-state index is 12.0. The van der Waals surface area contributed by atoms with Crippen molar-refractivity contribution in [2.24, 2.45) is 11.8 Å². The molecule has 1 amide bonds. The van der Waals surface area contributed by atoms with Crippen molar-refractivity contribution in [3.05, 3.63) is 0 Å². The van der Waals surface area contributed by atoms with Gasteiger partial charge in [0.2, 0.25) is 5.91 Å². The van der Waals surface area contributed by atoms with Gasteiger partial charge in [-0.05, 0) is 19.8 Å².